The maximum atomic E-state index is 2.53. The average Bonchev–Trinajstić information content (AvgIpc) is 2.97. The van der Waals surface area contributed by atoms with E-state index < -0.39 is 0 Å². The van der Waals surface area contributed by atoms with Gasteiger partial charge in [-0.15, -0.1) is 0 Å². The predicted molar refractivity (Wildman–Crippen MR) is 252 cm³/mol. The van der Waals surface area contributed by atoms with E-state index in [1.165, 1.54) is 75.8 Å². The van der Waals surface area contributed by atoms with E-state index in [1.807, 2.05) is 0 Å². The highest BCUT2D eigenvalue weighted by Gasteiger charge is 2.28. The SMILES string of the molecule is C.Cc1c(C(C)(C)C)cc(C2CCC(C)CC2)cc1C(C)(C)C.Cc1cc(C(C)(C)C)c(C)c(C(C)(C)C)c1.Cc1cc(C(C)(C)C)c(C)c(C(C)(C)C)c1. The van der Waals surface area contributed by atoms with Gasteiger partial charge in [-0.25, -0.2) is 0 Å². The number of hydrogen-bond acceptors (Lipinski definition) is 0. The summed E-state index contributed by atoms with van der Waals surface area (Å²) in [6, 6.07) is 14.4. The first-order chi connectivity index (χ1) is 24.1. The summed E-state index contributed by atoms with van der Waals surface area (Å²) >= 11 is 0. The quantitative estimate of drug-likeness (QED) is 0.232. The first kappa shape index (κ1) is 50.7. The molecule has 0 heterocycles. The van der Waals surface area contributed by atoms with E-state index in [-0.39, 0.29) is 39.9 Å². The molecule has 0 N–H and O–H groups in total. The van der Waals surface area contributed by atoms with Crippen LogP contribution in [0.2, 0.25) is 0 Å². The van der Waals surface area contributed by atoms with Crippen molar-refractivity contribution in [2.45, 2.75) is 238 Å². The normalized spacial score (nSPS) is 17.0. The Morgan fingerprint density at radius 2 is 0.545 bits per heavy atom. The van der Waals surface area contributed by atoms with Gasteiger partial charge in [0.25, 0.3) is 0 Å². The third-order valence-corrected chi connectivity index (χ3v) is 11.9. The van der Waals surface area contributed by atoms with Crippen LogP contribution >= 0.6 is 0 Å². The topological polar surface area (TPSA) is 0 Å². The lowest BCUT2D eigenvalue weighted by Crippen LogP contribution is -2.21. The van der Waals surface area contributed by atoms with E-state index in [4.69, 9.17) is 0 Å². The Morgan fingerprint density at radius 1 is 0.345 bits per heavy atom. The van der Waals surface area contributed by atoms with Gasteiger partial charge in [0.05, 0.1) is 0 Å². The Kier molecular flexibility index (Phi) is 16.6. The molecule has 0 atom stereocenters. The summed E-state index contributed by atoms with van der Waals surface area (Å²) in [5, 5.41) is 0. The van der Waals surface area contributed by atoms with Crippen LogP contribution in [0.5, 0.6) is 0 Å². The minimum absolute atomic E-state index is 0. The van der Waals surface area contributed by atoms with E-state index in [9.17, 15) is 0 Å². The van der Waals surface area contributed by atoms with Crippen LogP contribution in [-0.4, -0.2) is 0 Å². The highest BCUT2D eigenvalue weighted by molar-refractivity contribution is 5.47. The van der Waals surface area contributed by atoms with Crippen LogP contribution in [0.4, 0.5) is 0 Å². The van der Waals surface area contributed by atoms with Crippen molar-refractivity contribution in [3.8, 4) is 0 Å². The smallest absolute Gasteiger partial charge is 0.0129 e. The van der Waals surface area contributed by atoms with Gasteiger partial charge < -0.3 is 0 Å². The fourth-order valence-electron chi connectivity index (χ4n) is 8.96. The molecule has 4 rings (SSSR count). The summed E-state index contributed by atoms with van der Waals surface area (Å²) in [6.45, 7) is 55.3. The minimum atomic E-state index is 0. The summed E-state index contributed by atoms with van der Waals surface area (Å²) in [5.41, 5.74) is 19.2. The lowest BCUT2D eigenvalue weighted by Gasteiger charge is -2.33. The lowest BCUT2D eigenvalue weighted by molar-refractivity contribution is 0.347. The molecular weight excluding hydrogens is 661 g/mol. The summed E-state index contributed by atoms with van der Waals surface area (Å²) in [5.74, 6) is 1.70. The van der Waals surface area contributed by atoms with Crippen molar-refractivity contribution in [3.05, 3.63) is 103 Å². The second-order valence-electron chi connectivity index (χ2n) is 23.7. The zero-order chi connectivity index (χ0) is 42.2. The molecule has 1 aliphatic rings. The molecule has 0 amide bonds. The van der Waals surface area contributed by atoms with Crippen LogP contribution in [0, 0.1) is 40.5 Å². The molecule has 55 heavy (non-hydrogen) atoms. The van der Waals surface area contributed by atoms with Gasteiger partial charge in [0.15, 0.2) is 0 Å². The van der Waals surface area contributed by atoms with Gasteiger partial charge in [-0.2, -0.15) is 0 Å². The average molecular weight is 753 g/mol. The van der Waals surface area contributed by atoms with Crippen molar-refractivity contribution in [2.75, 3.05) is 0 Å². The molecule has 0 unspecified atom stereocenters. The van der Waals surface area contributed by atoms with Gasteiger partial charge in [-0.1, -0.05) is 199 Å². The Bertz CT molecular complexity index is 1500. The molecule has 0 saturated heterocycles. The summed E-state index contributed by atoms with van der Waals surface area (Å²) in [6.07, 6.45) is 5.54. The summed E-state index contributed by atoms with van der Waals surface area (Å²) < 4.78 is 0. The molecule has 1 aliphatic carbocycles. The third kappa shape index (κ3) is 13.9. The number of benzene rings is 3. The molecular formula is C55H92. The molecule has 0 nitrogen and oxygen atoms in total. The van der Waals surface area contributed by atoms with E-state index in [0.29, 0.717) is 0 Å². The van der Waals surface area contributed by atoms with Crippen molar-refractivity contribution in [1.29, 1.82) is 0 Å². The fourth-order valence-corrected chi connectivity index (χ4v) is 8.96. The Balaban J connectivity index is 0.000000417. The zero-order valence-electron chi connectivity index (χ0n) is 40.4. The van der Waals surface area contributed by atoms with Crippen LogP contribution in [0.25, 0.3) is 0 Å². The molecule has 0 bridgehead atoms. The Morgan fingerprint density at radius 3 is 0.745 bits per heavy atom. The highest BCUT2D eigenvalue weighted by atomic mass is 14.3. The van der Waals surface area contributed by atoms with Crippen LogP contribution in [0.1, 0.15) is 237 Å². The van der Waals surface area contributed by atoms with Crippen molar-refractivity contribution in [2.24, 2.45) is 5.92 Å². The molecule has 0 aromatic heterocycles. The van der Waals surface area contributed by atoms with Crippen LogP contribution in [-0.2, 0) is 32.5 Å². The molecule has 0 aliphatic heterocycles. The molecule has 312 valence electrons. The number of hydrogen-bond donors (Lipinski definition) is 0. The molecule has 1 saturated carbocycles. The second kappa shape index (κ2) is 18.1. The predicted octanol–water partition coefficient (Wildman–Crippen LogP) is 17.3. The van der Waals surface area contributed by atoms with E-state index in [0.717, 1.165) is 11.8 Å². The standard InChI is InChI=1S/C22H36.2C16H26.CH4/c1-15-9-11-17(12-10-15)18-13-19(21(3,4)5)16(2)20(14-18)22(6,7)8;2*1-11-9-13(15(3,4)5)12(2)14(10-11)16(6,7)8;/h13-15,17H,9-12H2,1-8H3;2*9-10H,1-8H3;1H4. The van der Waals surface area contributed by atoms with Crippen LogP contribution in [0.15, 0.2) is 36.4 Å². The van der Waals surface area contributed by atoms with Gasteiger partial charge in [0.1, 0.15) is 0 Å². The van der Waals surface area contributed by atoms with E-state index >= 15 is 0 Å². The monoisotopic (exact) mass is 753 g/mol. The zero-order valence-corrected chi connectivity index (χ0v) is 40.4. The lowest BCUT2D eigenvalue weighted by atomic mass is 9.72. The van der Waals surface area contributed by atoms with Gasteiger partial charge in [0, 0.05) is 0 Å². The Labute approximate surface area is 345 Å². The maximum Gasteiger partial charge on any atom is -0.0129 e. The first-order valence-electron chi connectivity index (χ1n) is 21.5. The van der Waals surface area contributed by atoms with E-state index in [2.05, 4.69) is 203 Å². The first-order valence-corrected chi connectivity index (χ1v) is 21.5. The van der Waals surface area contributed by atoms with Crippen molar-refractivity contribution in [3.63, 3.8) is 0 Å². The van der Waals surface area contributed by atoms with Crippen LogP contribution < -0.4 is 0 Å². The van der Waals surface area contributed by atoms with Gasteiger partial charge in [-0.3, -0.25) is 0 Å². The van der Waals surface area contributed by atoms with E-state index in [1.54, 1.807) is 16.7 Å². The number of rotatable bonds is 1. The molecule has 1 fully saturated rings. The van der Waals surface area contributed by atoms with Crippen molar-refractivity contribution >= 4 is 0 Å². The maximum absolute atomic E-state index is 2.53. The summed E-state index contributed by atoms with van der Waals surface area (Å²) in [7, 11) is 0. The molecule has 0 spiro atoms. The molecule has 0 radical (unpaired) electrons. The van der Waals surface area contributed by atoms with Gasteiger partial charge >= 0.3 is 0 Å². The van der Waals surface area contributed by atoms with Gasteiger partial charge in [0.2, 0.25) is 0 Å². The second-order valence-corrected chi connectivity index (χ2v) is 23.7. The van der Waals surface area contributed by atoms with Crippen LogP contribution in [0.3, 0.4) is 0 Å². The third-order valence-electron chi connectivity index (χ3n) is 11.9. The minimum Gasteiger partial charge on any atom is -0.0776 e. The molecule has 3 aromatic rings. The fraction of sp³-hybridized carbons (Fsp3) is 0.673. The largest absolute Gasteiger partial charge is 0.0776 e. The highest BCUT2D eigenvalue weighted by Crippen LogP contribution is 2.41. The van der Waals surface area contributed by atoms with Gasteiger partial charge in [-0.05, 0) is 147 Å². The van der Waals surface area contributed by atoms with Crippen molar-refractivity contribution < 1.29 is 0 Å². The molecule has 0 heteroatoms. The summed E-state index contributed by atoms with van der Waals surface area (Å²) in [4.78, 5) is 0. The molecule has 3 aromatic carbocycles. The number of aryl methyl sites for hydroxylation is 2. The Hall–Kier alpha value is -2.34. The van der Waals surface area contributed by atoms with Crippen molar-refractivity contribution in [1.82, 2.24) is 0 Å².